The highest BCUT2D eigenvalue weighted by molar-refractivity contribution is 6.06. The number of carbonyl (C=O) groups excluding carboxylic acids is 1. The summed E-state index contributed by atoms with van der Waals surface area (Å²) in [6, 6.07) is 8.40. The van der Waals surface area contributed by atoms with Crippen LogP contribution in [-0.2, 0) is 13.0 Å². The minimum Gasteiger partial charge on any atom is -0.347 e. The highest BCUT2D eigenvalue weighted by atomic mass is 16.2. The molecule has 0 saturated carbocycles. The number of aromatic amines is 1. The second kappa shape index (κ2) is 5.26. The van der Waals surface area contributed by atoms with E-state index in [1.165, 1.54) is 0 Å². The van der Waals surface area contributed by atoms with Crippen LogP contribution in [0.25, 0.3) is 10.9 Å². The monoisotopic (exact) mass is 308 g/mol. The maximum absolute atomic E-state index is 13.0. The van der Waals surface area contributed by atoms with Gasteiger partial charge in [0.05, 0.1) is 24.3 Å². The molecule has 0 spiro atoms. The smallest absolute Gasteiger partial charge is 0.254 e. The fraction of sp³-hybridized carbons (Fsp3) is 0.333. The fourth-order valence-electron chi connectivity index (χ4n) is 3.38. The highest BCUT2D eigenvalue weighted by Gasteiger charge is 2.24. The zero-order valence-electron chi connectivity index (χ0n) is 13.4. The molecule has 1 amide bonds. The van der Waals surface area contributed by atoms with E-state index in [-0.39, 0.29) is 5.91 Å². The lowest BCUT2D eigenvalue weighted by atomic mass is 10.1. The first-order chi connectivity index (χ1) is 11.1. The van der Waals surface area contributed by atoms with Crippen molar-refractivity contribution in [3.63, 3.8) is 0 Å². The Morgan fingerprint density at radius 2 is 2.17 bits per heavy atom. The van der Waals surface area contributed by atoms with Gasteiger partial charge in [0.1, 0.15) is 0 Å². The lowest BCUT2D eigenvalue weighted by Crippen LogP contribution is -2.36. The number of fused-ring (bicyclic) bond motifs is 2. The van der Waals surface area contributed by atoms with Crippen LogP contribution in [0.1, 0.15) is 41.6 Å². The van der Waals surface area contributed by atoms with Crippen molar-refractivity contribution in [2.45, 2.75) is 32.9 Å². The number of hydrogen-bond donors (Lipinski definition) is 1. The first-order valence-corrected chi connectivity index (χ1v) is 8.05. The van der Waals surface area contributed by atoms with Crippen molar-refractivity contribution >= 4 is 16.8 Å². The molecule has 0 aliphatic carbocycles. The molecule has 1 aliphatic rings. The average molecular weight is 308 g/mol. The van der Waals surface area contributed by atoms with Gasteiger partial charge in [0.15, 0.2) is 0 Å². The van der Waals surface area contributed by atoms with Crippen LogP contribution >= 0.6 is 0 Å². The average Bonchev–Trinajstić information content (AvgIpc) is 3.19. The highest BCUT2D eigenvalue weighted by Crippen LogP contribution is 2.26. The minimum atomic E-state index is 0.0948. The molecule has 3 heterocycles. The van der Waals surface area contributed by atoms with E-state index in [2.05, 4.69) is 40.6 Å². The van der Waals surface area contributed by atoms with E-state index in [0.29, 0.717) is 12.6 Å². The van der Waals surface area contributed by atoms with Crippen LogP contribution in [0.5, 0.6) is 0 Å². The van der Waals surface area contributed by atoms with Crippen LogP contribution in [0, 0.1) is 0 Å². The van der Waals surface area contributed by atoms with E-state index in [0.717, 1.165) is 40.8 Å². The van der Waals surface area contributed by atoms with Crippen LogP contribution in [-0.4, -0.2) is 31.9 Å². The maximum Gasteiger partial charge on any atom is 0.254 e. The number of imidazole rings is 1. The SMILES string of the molecule is CC(C)n1ccc2c(C(=O)N3CCc4nc[nH]c4C3)cccc21. The van der Waals surface area contributed by atoms with Gasteiger partial charge in [0, 0.05) is 41.7 Å². The summed E-state index contributed by atoms with van der Waals surface area (Å²) in [7, 11) is 0. The summed E-state index contributed by atoms with van der Waals surface area (Å²) in [6.45, 7) is 5.63. The molecule has 4 rings (SSSR count). The normalized spacial score (nSPS) is 14.5. The van der Waals surface area contributed by atoms with Crippen LogP contribution < -0.4 is 0 Å². The lowest BCUT2D eigenvalue weighted by molar-refractivity contribution is 0.0734. The van der Waals surface area contributed by atoms with Gasteiger partial charge in [0.25, 0.3) is 5.91 Å². The van der Waals surface area contributed by atoms with Crippen LogP contribution in [0.3, 0.4) is 0 Å². The van der Waals surface area contributed by atoms with Crippen LogP contribution in [0.2, 0.25) is 0 Å². The van der Waals surface area contributed by atoms with Crippen molar-refractivity contribution in [2.75, 3.05) is 6.54 Å². The number of aromatic nitrogens is 3. The topological polar surface area (TPSA) is 53.9 Å². The third-order valence-electron chi connectivity index (χ3n) is 4.61. The number of nitrogens with one attached hydrogen (secondary N) is 1. The Morgan fingerprint density at radius 1 is 1.30 bits per heavy atom. The van der Waals surface area contributed by atoms with Crippen molar-refractivity contribution in [2.24, 2.45) is 0 Å². The Labute approximate surface area is 134 Å². The predicted molar refractivity (Wildman–Crippen MR) is 89.4 cm³/mol. The molecule has 0 bridgehead atoms. The molecule has 0 saturated heterocycles. The van der Waals surface area contributed by atoms with E-state index in [1.54, 1.807) is 6.33 Å². The maximum atomic E-state index is 13.0. The summed E-state index contributed by atoms with van der Waals surface area (Å²) in [4.78, 5) is 22.4. The number of carbonyl (C=O) groups is 1. The number of H-pyrrole nitrogens is 1. The van der Waals surface area contributed by atoms with Gasteiger partial charge < -0.3 is 14.5 Å². The van der Waals surface area contributed by atoms with Crippen molar-refractivity contribution in [1.29, 1.82) is 0 Å². The van der Waals surface area contributed by atoms with Crippen LogP contribution in [0.4, 0.5) is 0 Å². The molecular weight excluding hydrogens is 288 g/mol. The number of benzene rings is 1. The first-order valence-electron chi connectivity index (χ1n) is 8.05. The van der Waals surface area contributed by atoms with Gasteiger partial charge in [-0.25, -0.2) is 4.98 Å². The Kier molecular flexibility index (Phi) is 3.22. The standard InChI is InChI=1S/C18H20N4O/c1-12(2)22-9-6-13-14(4-3-5-17(13)22)18(23)21-8-7-15-16(10-21)20-11-19-15/h3-6,9,11-12H,7-8,10H2,1-2H3,(H,19,20). The van der Waals surface area contributed by atoms with E-state index >= 15 is 0 Å². The van der Waals surface area contributed by atoms with Gasteiger partial charge in [-0.1, -0.05) is 6.07 Å². The van der Waals surface area contributed by atoms with Gasteiger partial charge >= 0.3 is 0 Å². The summed E-state index contributed by atoms with van der Waals surface area (Å²) in [6.07, 6.45) is 4.59. The van der Waals surface area contributed by atoms with E-state index in [9.17, 15) is 4.79 Å². The first kappa shape index (κ1) is 14.1. The summed E-state index contributed by atoms with van der Waals surface area (Å²) in [5, 5.41) is 1.03. The molecule has 0 atom stereocenters. The fourth-order valence-corrected chi connectivity index (χ4v) is 3.38. The van der Waals surface area contributed by atoms with Gasteiger partial charge in [-0.05, 0) is 32.0 Å². The zero-order valence-corrected chi connectivity index (χ0v) is 13.4. The van der Waals surface area contributed by atoms with E-state index < -0.39 is 0 Å². The Morgan fingerprint density at radius 3 is 3.00 bits per heavy atom. The van der Waals surface area contributed by atoms with Crippen LogP contribution in [0.15, 0.2) is 36.8 Å². The van der Waals surface area contributed by atoms with Crippen molar-refractivity contribution < 1.29 is 4.79 Å². The Balaban J connectivity index is 1.71. The quantitative estimate of drug-likeness (QED) is 0.790. The summed E-state index contributed by atoms with van der Waals surface area (Å²) in [5.74, 6) is 0.0948. The number of rotatable bonds is 2. The molecule has 3 aromatic rings. The van der Waals surface area contributed by atoms with Crippen molar-refractivity contribution in [3.8, 4) is 0 Å². The Hall–Kier alpha value is -2.56. The molecule has 118 valence electrons. The van der Waals surface area contributed by atoms with Crippen molar-refractivity contribution in [1.82, 2.24) is 19.4 Å². The van der Waals surface area contributed by atoms with Gasteiger partial charge in [0.2, 0.25) is 0 Å². The number of hydrogen-bond acceptors (Lipinski definition) is 2. The van der Waals surface area contributed by atoms with E-state index in [4.69, 9.17) is 0 Å². The number of nitrogens with zero attached hydrogens (tertiary/aromatic N) is 3. The van der Waals surface area contributed by atoms with Crippen molar-refractivity contribution in [3.05, 3.63) is 53.7 Å². The molecule has 2 aromatic heterocycles. The third-order valence-corrected chi connectivity index (χ3v) is 4.61. The molecule has 1 N–H and O–H groups in total. The molecule has 23 heavy (non-hydrogen) atoms. The minimum absolute atomic E-state index is 0.0948. The van der Waals surface area contributed by atoms with Gasteiger partial charge in [-0.15, -0.1) is 0 Å². The summed E-state index contributed by atoms with van der Waals surface area (Å²) >= 11 is 0. The molecule has 0 unspecified atom stereocenters. The molecule has 5 heteroatoms. The lowest BCUT2D eigenvalue weighted by Gasteiger charge is -2.26. The Bertz CT molecular complexity index is 874. The molecule has 0 radical (unpaired) electrons. The zero-order chi connectivity index (χ0) is 16.0. The third kappa shape index (κ3) is 2.23. The molecule has 1 aliphatic heterocycles. The molecule has 5 nitrogen and oxygen atoms in total. The molecule has 1 aromatic carbocycles. The molecular formula is C18H20N4O. The summed E-state index contributed by atoms with van der Waals surface area (Å²) < 4.78 is 2.20. The summed E-state index contributed by atoms with van der Waals surface area (Å²) in [5.41, 5.74) is 4.03. The van der Waals surface area contributed by atoms with E-state index in [1.807, 2.05) is 23.1 Å². The second-order valence-electron chi connectivity index (χ2n) is 6.36. The predicted octanol–water partition coefficient (Wildman–Crippen LogP) is 3.14. The van der Waals surface area contributed by atoms with Gasteiger partial charge in [-0.2, -0.15) is 0 Å². The molecule has 0 fully saturated rings. The number of amides is 1. The largest absolute Gasteiger partial charge is 0.347 e. The second-order valence-corrected chi connectivity index (χ2v) is 6.36. The van der Waals surface area contributed by atoms with Gasteiger partial charge in [-0.3, -0.25) is 4.79 Å².